The Labute approximate surface area is 193 Å². The van der Waals surface area contributed by atoms with Gasteiger partial charge < -0.3 is 20.5 Å². The Bertz CT molecular complexity index is 985. The molecule has 2 atom stereocenters. The van der Waals surface area contributed by atoms with Crippen LogP contribution in [0.15, 0.2) is 48.5 Å². The Morgan fingerprint density at radius 2 is 1.55 bits per heavy atom. The van der Waals surface area contributed by atoms with E-state index in [1.54, 1.807) is 0 Å². The average Bonchev–Trinajstić information content (AvgIpc) is 3.44. The molecule has 174 valence electrons. The molecular weight excluding hydrogens is 420 g/mol. The van der Waals surface area contributed by atoms with E-state index in [2.05, 4.69) is 34.9 Å². The third-order valence-corrected chi connectivity index (χ3v) is 6.77. The molecule has 2 unspecified atom stereocenters. The highest BCUT2D eigenvalue weighted by Gasteiger charge is 2.32. The summed E-state index contributed by atoms with van der Waals surface area (Å²) in [6.07, 6.45) is 3.45. The fraction of sp³-hybridized carbons (Fsp3) is 0.423. The third kappa shape index (κ3) is 5.18. The van der Waals surface area contributed by atoms with Gasteiger partial charge in [-0.25, -0.2) is 4.79 Å². The van der Waals surface area contributed by atoms with Crippen molar-refractivity contribution in [3.8, 4) is 11.1 Å². The lowest BCUT2D eigenvalue weighted by Gasteiger charge is -2.25. The van der Waals surface area contributed by atoms with E-state index in [4.69, 9.17) is 9.84 Å². The molecule has 0 heterocycles. The molecule has 7 heteroatoms. The molecule has 0 saturated heterocycles. The first-order chi connectivity index (χ1) is 15.9. The van der Waals surface area contributed by atoms with Crippen LogP contribution in [0.1, 0.15) is 56.1 Å². The summed E-state index contributed by atoms with van der Waals surface area (Å²) in [4.78, 5) is 36.2. The van der Waals surface area contributed by atoms with Gasteiger partial charge in [-0.2, -0.15) is 0 Å². The van der Waals surface area contributed by atoms with E-state index in [-0.39, 0.29) is 36.8 Å². The van der Waals surface area contributed by atoms with Crippen LogP contribution in [0.3, 0.4) is 0 Å². The maximum absolute atomic E-state index is 12.7. The molecule has 7 nitrogen and oxygen atoms in total. The van der Waals surface area contributed by atoms with Crippen LogP contribution in [0.2, 0.25) is 0 Å². The number of benzene rings is 2. The van der Waals surface area contributed by atoms with Gasteiger partial charge in [-0.15, -0.1) is 0 Å². The van der Waals surface area contributed by atoms with Crippen molar-refractivity contribution in [2.24, 2.45) is 5.92 Å². The molecule has 1 fully saturated rings. The Balaban J connectivity index is 1.40. The summed E-state index contributed by atoms with van der Waals surface area (Å²) in [5.74, 6) is -1.34. The highest BCUT2D eigenvalue weighted by Crippen LogP contribution is 2.44. The second kappa shape index (κ2) is 10.1. The van der Waals surface area contributed by atoms with Crippen molar-refractivity contribution in [3.05, 3.63) is 59.7 Å². The highest BCUT2D eigenvalue weighted by molar-refractivity contribution is 5.84. The molecule has 0 aliphatic heterocycles. The van der Waals surface area contributed by atoms with Gasteiger partial charge in [0.15, 0.2) is 0 Å². The number of hydrogen-bond donors (Lipinski definition) is 3. The number of carboxylic acids is 1. The molecule has 33 heavy (non-hydrogen) atoms. The molecule has 2 aliphatic carbocycles. The van der Waals surface area contributed by atoms with Gasteiger partial charge in [-0.1, -0.05) is 61.4 Å². The molecule has 0 bridgehead atoms. The van der Waals surface area contributed by atoms with Crippen LogP contribution >= 0.6 is 0 Å². The van der Waals surface area contributed by atoms with E-state index in [9.17, 15) is 14.4 Å². The van der Waals surface area contributed by atoms with Gasteiger partial charge in [0.05, 0.1) is 0 Å². The number of nitrogens with one attached hydrogen (secondary N) is 2. The minimum atomic E-state index is -1.09. The van der Waals surface area contributed by atoms with Gasteiger partial charge in [0.25, 0.3) is 0 Å². The summed E-state index contributed by atoms with van der Waals surface area (Å²) in [5.41, 5.74) is 4.60. The summed E-state index contributed by atoms with van der Waals surface area (Å²) < 4.78 is 5.65. The first-order valence-electron chi connectivity index (χ1n) is 11.6. The van der Waals surface area contributed by atoms with Crippen molar-refractivity contribution in [2.45, 2.75) is 57.0 Å². The van der Waals surface area contributed by atoms with E-state index in [0.29, 0.717) is 0 Å². The minimum absolute atomic E-state index is 0.0342. The number of carbonyl (C=O) groups is 3. The molecule has 0 radical (unpaired) electrons. The molecule has 4 rings (SSSR count). The maximum Gasteiger partial charge on any atom is 0.407 e. The van der Waals surface area contributed by atoms with E-state index < -0.39 is 18.1 Å². The van der Waals surface area contributed by atoms with E-state index in [1.165, 1.54) is 6.92 Å². The molecule has 2 aliphatic rings. The van der Waals surface area contributed by atoms with Crippen LogP contribution in [-0.4, -0.2) is 41.8 Å². The molecule has 0 aromatic heterocycles. The number of amides is 2. The lowest BCUT2D eigenvalue weighted by atomic mass is 9.95. The normalized spacial score (nSPS) is 17.0. The summed E-state index contributed by atoms with van der Waals surface area (Å²) in [6.45, 7) is 1.63. The van der Waals surface area contributed by atoms with Crippen LogP contribution in [0.25, 0.3) is 11.1 Å². The zero-order chi connectivity index (χ0) is 23.4. The largest absolute Gasteiger partial charge is 0.480 e. The third-order valence-electron chi connectivity index (χ3n) is 6.77. The predicted molar refractivity (Wildman–Crippen MR) is 124 cm³/mol. The predicted octanol–water partition coefficient (Wildman–Crippen LogP) is 4.06. The number of ether oxygens (including phenoxy) is 1. The topological polar surface area (TPSA) is 105 Å². The number of rotatable bonds is 8. The van der Waals surface area contributed by atoms with Crippen LogP contribution in [0, 0.1) is 5.92 Å². The molecule has 1 saturated carbocycles. The lowest BCUT2D eigenvalue weighted by molar-refractivity contribution is -0.141. The maximum atomic E-state index is 12.7. The van der Waals surface area contributed by atoms with Gasteiger partial charge in [-0.3, -0.25) is 9.59 Å². The van der Waals surface area contributed by atoms with Crippen LogP contribution < -0.4 is 10.6 Å². The minimum Gasteiger partial charge on any atom is -0.480 e. The molecular formula is C26H30N2O5. The second-order valence-electron chi connectivity index (χ2n) is 8.95. The molecule has 2 aromatic carbocycles. The van der Waals surface area contributed by atoms with Gasteiger partial charge in [0.1, 0.15) is 12.6 Å². The molecule has 3 N–H and O–H groups in total. The van der Waals surface area contributed by atoms with Crippen LogP contribution in [0.4, 0.5) is 4.79 Å². The van der Waals surface area contributed by atoms with E-state index >= 15 is 0 Å². The number of aliphatic carboxylic acids is 1. The van der Waals surface area contributed by atoms with Crippen molar-refractivity contribution in [2.75, 3.05) is 6.61 Å². The first-order valence-corrected chi connectivity index (χ1v) is 11.6. The number of fused-ring (bicyclic) bond motifs is 3. The van der Waals surface area contributed by atoms with E-state index in [1.807, 2.05) is 24.3 Å². The summed E-state index contributed by atoms with van der Waals surface area (Å²) in [7, 11) is 0. The number of hydrogen-bond acceptors (Lipinski definition) is 4. The summed E-state index contributed by atoms with van der Waals surface area (Å²) in [6, 6.07) is 14.9. The van der Waals surface area contributed by atoms with E-state index in [0.717, 1.165) is 47.9 Å². The highest BCUT2D eigenvalue weighted by atomic mass is 16.5. The molecule has 2 aromatic rings. The monoisotopic (exact) mass is 450 g/mol. The van der Waals surface area contributed by atoms with Crippen molar-refractivity contribution in [1.29, 1.82) is 0 Å². The van der Waals surface area contributed by atoms with Gasteiger partial charge in [0, 0.05) is 18.4 Å². The molecule has 0 spiro atoms. The quantitative estimate of drug-likeness (QED) is 0.563. The van der Waals surface area contributed by atoms with Crippen molar-refractivity contribution >= 4 is 18.0 Å². The smallest absolute Gasteiger partial charge is 0.407 e. The zero-order valence-electron chi connectivity index (χ0n) is 18.8. The summed E-state index contributed by atoms with van der Waals surface area (Å²) in [5, 5.41) is 14.4. The number of carbonyl (C=O) groups excluding carboxylic acids is 2. The number of alkyl carbamates (subject to hydrolysis) is 1. The SMILES string of the molecule is CC(NC(=O)CC(NC(=O)OCC1c2ccccc2-c2ccccc21)C1CCCC1)C(=O)O. The zero-order valence-corrected chi connectivity index (χ0v) is 18.8. The standard InChI is InChI=1S/C26H30N2O5/c1-16(25(30)31)27-24(29)14-23(17-8-2-3-9-17)28-26(32)33-15-22-20-12-6-4-10-18(20)19-11-5-7-13-21(19)22/h4-7,10-13,16-17,22-23H,2-3,8-9,14-15H2,1H3,(H,27,29)(H,28,32)(H,30,31). The summed E-state index contributed by atoms with van der Waals surface area (Å²) >= 11 is 0. The Kier molecular flexibility index (Phi) is 6.96. The Morgan fingerprint density at radius 1 is 0.970 bits per heavy atom. The lowest BCUT2D eigenvalue weighted by Crippen LogP contribution is -2.46. The first kappa shape index (κ1) is 22.8. The Hall–Kier alpha value is -3.35. The van der Waals surface area contributed by atoms with Gasteiger partial charge in [0.2, 0.25) is 5.91 Å². The fourth-order valence-electron chi connectivity index (χ4n) is 5.05. The number of carboxylic acid groups (broad SMARTS) is 1. The van der Waals surface area contributed by atoms with Crippen molar-refractivity contribution < 1.29 is 24.2 Å². The molecule has 2 amide bonds. The van der Waals surface area contributed by atoms with Crippen LogP contribution in [0.5, 0.6) is 0 Å². The second-order valence-corrected chi connectivity index (χ2v) is 8.95. The van der Waals surface area contributed by atoms with Gasteiger partial charge in [-0.05, 0) is 47.9 Å². The van der Waals surface area contributed by atoms with Gasteiger partial charge >= 0.3 is 12.1 Å². The Morgan fingerprint density at radius 3 is 2.12 bits per heavy atom. The van der Waals surface area contributed by atoms with Crippen molar-refractivity contribution in [3.63, 3.8) is 0 Å². The van der Waals surface area contributed by atoms with Crippen molar-refractivity contribution in [1.82, 2.24) is 10.6 Å². The average molecular weight is 451 g/mol. The van der Waals surface area contributed by atoms with Crippen LogP contribution in [-0.2, 0) is 14.3 Å². The fourth-order valence-corrected chi connectivity index (χ4v) is 5.05.